The van der Waals surface area contributed by atoms with Crippen molar-refractivity contribution < 1.29 is 22.3 Å². The zero-order valence-electron chi connectivity index (χ0n) is 19.9. The van der Waals surface area contributed by atoms with Gasteiger partial charge in [0.2, 0.25) is 5.82 Å². The van der Waals surface area contributed by atoms with E-state index in [0.29, 0.717) is 54.0 Å². The van der Waals surface area contributed by atoms with Gasteiger partial charge in [0, 0.05) is 43.2 Å². The van der Waals surface area contributed by atoms with Crippen LogP contribution in [-0.4, -0.2) is 62.3 Å². The van der Waals surface area contributed by atoms with Gasteiger partial charge in [0.15, 0.2) is 5.82 Å². The summed E-state index contributed by atoms with van der Waals surface area (Å²) in [5.41, 5.74) is 4.18. The summed E-state index contributed by atoms with van der Waals surface area (Å²) in [4.78, 5) is 4.35. The number of morpholine rings is 1. The van der Waals surface area contributed by atoms with Gasteiger partial charge in [0.05, 0.1) is 35.5 Å². The van der Waals surface area contributed by atoms with E-state index in [0.717, 1.165) is 16.7 Å². The topological polar surface area (TPSA) is 73.0 Å². The number of hydrazine groups is 1. The monoisotopic (exact) mass is 547 g/mol. The molecule has 1 saturated heterocycles. The van der Waals surface area contributed by atoms with Crippen molar-refractivity contribution in [2.45, 2.75) is 18.5 Å². The van der Waals surface area contributed by atoms with Gasteiger partial charge in [-0.2, -0.15) is 8.78 Å². The Bertz CT molecular complexity index is 1480. The van der Waals surface area contributed by atoms with Gasteiger partial charge in [-0.3, -0.25) is 4.57 Å². The van der Waals surface area contributed by atoms with Gasteiger partial charge in [-0.25, -0.2) is 18.8 Å². The van der Waals surface area contributed by atoms with Crippen molar-refractivity contribution in [1.82, 2.24) is 29.3 Å². The lowest BCUT2D eigenvalue weighted by molar-refractivity contribution is 0.0221. The molecule has 1 atom stereocenters. The van der Waals surface area contributed by atoms with Crippen LogP contribution < -0.4 is 5.43 Å². The zero-order chi connectivity index (χ0) is 26.4. The van der Waals surface area contributed by atoms with E-state index >= 15 is 8.78 Å². The molecule has 8 nitrogen and oxygen atoms in total. The largest absolute Gasteiger partial charge is 0.379 e. The molecule has 2 aliphatic rings. The van der Waals surface area contributed by atoms with Crippen molar-refractivity contribution in [3.05, 3.63) is 71.0 Å². The number of nitrogens with zero attached hydrogens (tertiary/aromatic N) is 6. The fourth-order valence-corrected chi connectivity index (χ4v) is 5.06. The second-order valence-electron chi connectivity index (χ2n) is 9.11. The molecule has 198 valence electrons. The Labute approximate surface area is 219 Å². The van der Waals surface area contributed by atoms with E-state index in [-0.39, 0.29) is 12.4 Å². The number of aromatic nitrogens is 5. The van der Waals surface area contributed by atoms with E-state index in [2.05, 4.69) is 20.6 Å². The first kappa shape index (κ1) is 24.8. The van der Waals surface area contributed by atoms with Crippen molar-refractivity contribution >= 4 is 17.4 Å². The van der Waals surface area contributed by atoms with Crippen LogP contribution in [-0.2, 0) is 17.2 Å². The smallest absolute Gasteiger partial charge is 0.334 e. The summed E-state index contributed by atoms with van der Waals surface area (Å²) in [5.74, 6) is -5.08. The lowest BCUT2D eigenvalue weighted by atomic mass is 10.1. The number of ether oxygens (including phenoxy) is 1. The second-order valence-corrected chi connectivity index (χ2v) is 9.51. The molecule has 2 aliphatic heterocycles. The van der Waals surface area contributed by atoms with Crippen LogP contribution in [0.5, 0.6) is 0 Å². The summed E-state index contributed by atoms with van der Waals surface area (Å²) in [6, 6.07) is 7.07. The minimum atomic E-state index is -3.82. The van der Waals surface area contributed by atoms with Crippen LogP contribution in [0.4, 0.5) is 23.4 Å². The quantitative estimate of drug-likeness (QED) is 0.345. The molecule has 1 N–H and O–H groups in total. The Kier molecular flexibility index (Phi) is 6.33. The third-order valence-corrected chi connectivity index (χ3v) is 7.02. The van der Waals surface area contributed by atoms with Gasteiger partial charge in [0.1, 0.15) is 18.3 Å². The molecule has 0 bridgehead atoms. The molecule has 0 spiro atoms. The molecule has 3 aromatic heterocycles. The molecule has 1 aromatic carbocycles. The van der Waals surface area contributed by atoms with Crippen LogP contribution in [0, 0.1) is 5.82 Å². The second kappa shape index (κ2) is 9.68. The van der Waals surface area contributed by atoms with E-state index in [9.17, 15) is 8.78 Å². The molecule has 6 rings (SSSR count). The fourth-order valence-electron chi connectivity index (χ4n) is 4.84. The lowest BCUT2D eigenvalue weighted by Gasteiger charge is -2.28. The minimum absolute atomic E-state index is 0.0544. The van der Waals surface area contributed by atoms with Crippen LogP contribution in [0.3, 0.4) is 0 Å². The Morgan fingerprint density at radius 2 is 1.92 bits per heavy atom. The molecule has 5 heterocycles. The molecule has 1 fully saturated rings. The van der Waals surface area contributed by atoms with E-state index in [1.54, 1.807) is 22.9 Å². The number of halogens is 5. The van der Waals surface area contributed by atoms with Crippen LogP contribution in [0.1, 0.15) is 17.4 Å². The first-order valence-corrected chi connectivity index (χ1v) is 12.3. The molecule has 13 heteroatoms. The van der Waals surface area contributed by atoms with E-state index < -0.39 is 35.8 Å². The van der Waals surface area contributed by atoms with Gasteiger partial charge in [-0.15, -0.1) is 10.2 Å². The molecular weight excluding hydrogens is 526 g/mol. The maximum atomic E-state index is 15.5. The van der Waals surface area contributed by atoms with Crippen molar-refractivity contribution in [3.63, 3.8) is 0 Å². The first-order valence-electron chi connectivity index (χ1n) is 12.0. The molecule has 38 heavy (non-hydrogen) atoms. The first-order chi connectivity index (χ1) is 18.4. The van der Waals surface area contributed by atoms with Crippen molar-refractivity contribution in [1.29, 1.82) is 0 Å². The summed E-state index contributed by atoms with van der Waals surface area (Å²) in [6.45, 7) is 1.71. The van der Waals surface area contributed by atoms with Gasteiger partial charge in [0.25, 0.3) is 0 Å². The predicted octanol–water partition coefficient (Wildman–Crippen LogP) is 4.92. The summed E-state index contributed by atoms with van der Waals surface area (Å²) >= 11 is 6.48. The summed E-state index contributed by atoms with van der Waals surface area (Å²) < 4.78 is 67.6. The van der Waals surface area contributed by atoms with E-state index in [1.165, 1.54) is 18.3 Å². The SMILES string of the molecule is FC[C@H]1Cn2cc(-c3cc(NN4CCOCC4)ncc3Cl)cc2-c2nnc(C(F)(F)c3ccccc3F)n21. The number of fused-ring (bicyclic) bond motifs is 3. The van der Waals surface area contributed by atoms with Crippen molar-refractivity contribution in [2.24, 2.45) is 0 Å². The zero-order valence-corrected chi connectivity index (χ0v) is 20.7. The number of benzene rings is 1. The maximum Gasteiger partial charge on any atom is 0.334 e. The van der Waals surface area contributed by atoms with Crippen LogP contribution in [0.15, 0.2) is 48.8 Å². The van der Waals surface area contributed by atoms with Crippen LogP contribution in [0.2, 0.25) is 5.02 Å². The third-order valence-electron chi connectivity index (χ3n) is 6.72. The molecule has 4 aromatic rings. The molecule has 0 saturated carbocycles. The standard InChI is InChI=1S/C25H22ClF4N7O/c26-19-12-31-22(34-36-5-7-38-8-6-36)10-17(19)15-9-21-23-32-33-24(37(23)16(11-27)14-35(21)13-15)25(29,30)18-3-1-2-4-20(18)28/h1-4,9-10,12-13,16H,5-8,11,14H2,(H,31,34)/t16-/m0/s1. The number of anilines is 1. The summed E-state index contributed by atoms with van der Waals surface area (Å²) in [5, 5.41) is 10.1. The van der Waals surface area contributed by atoms with Gasteiger partial charge in [-0.05, 0) is 24.3 Å². The maximum absolute atomic E-state index is 15.5. The summed E-state index contributed by atoms with van der Waals surface area (Å²) in [6.07, 6.45) is 3.29. The molecular formula is C25H22ClF4N7O. The number of pyridine rings is 1. The average molecular weight is 548 g/mol. The highest BCUT2D eigenvalue weighted by molar-refractivity contribution is 6.33. The molecule has 0 unspecified atom stereocenters. The van der Waals surface area contributed by atoms with Crippen molar-refractivity contribution in [3.8, 4) is 22.6 Å². The lowest BCUT2D eigenvalue weighted by Crippen LogP contribution is -2.40. The average Bonchev–Trinajstić information content (AvgIpc) is 3.55. The fraction of sp³-hybridized carbons (Fsp3) is 0.320. The number of nitrogens with one attached hydrogen (secondary N) is 1. The minimum Gasteiger partial charge on any atom is -0.379 e. The third kappa shape index (κ3) is 4.22. The summed E-state index contributed by atoms with van der Waals surface area (Å²) in [7, 11) is 0. The Balaban J connectivity index is 1.39. The normalized spacial score (nSPS) is 17.8. The van der Waals surface area contributed by atoms with E-state index in [1.807, 2.05) is 5.01 Å². The number of hydrogen-bond donors (Lipinski definition) is 1. The highest BCUT2D eigenvalue weighted by Gasteiger charge is 2.45. The Morgan fingerprint density at radius 1 is 1.13 bits per heavy atom. The van der Waals surface area contributed by atoms with Gasteiger partial charge < -0.3 is 14.7 Å². The van der Waals surface area contributed by atoms with Crippen molar-refractivity contribution in [2.75, 3.05) is 38.4 Å². The van der Waals surface area contributed by atoms with E-state index in [4.69, 9.17) is 16.3 Å². The molecule has 0 aliphatic carbocycles. The van der Waals surface area contributed by atoms with Crippen LogP contribution in [0.25, 0.3) is 22.6 Å². The highest BCUT2D eigenvalue weighted by atomic mass is 35.5. The Morgan fingerprint density at radius 3 is 2.68 bits per heavy atom. The molecule has 0 radical (unpaired) electrons. The molecule has 0 amide bonds. The highest BCUT2D eigenvalue weighted by Crippen LogP contribution is 2.42. The Hall–Kier alpha value is -3.48. The van der Waals surface area contributed by atoms with Gasteiger partial charge >= 0.3 is 5.92 Å². The van der Waals surface area contributed by atoms with Crippen LogP contribution >= 0.6 is 11.6 Å². The van der Waals surface area contributed by atoms with Gasteiger partial charge in [-0.1, -0.05) is 23.7 Å². The predicted molar refractivity (Wildman–Crippen MR) is 132 cm³/mol. The number of rotatable bonds is 6. The number of hydrogen-bond acceptors (Lipinski definition) is 6. The number of alkyl halides is 3.